The highest BCUT2D eigenvalue weighted by atomic mass is 19.4. The van der Waals surface area contributed by atoms with Crippen LogP contribution >= 0.6 is 0 Å². The third kappa shape index (κ3) is 2.60. The largest absolute Gasteiger partial charge is 0.476 e. The molecule has 0 bridgehead atoms. The normalized spacial score (nSPS) is 11.9. The average molecular weight is 256 g/mol. The zero-order valence-corrected chi connectivity index (χ0v) is 7.92. The lowest BCUT2D eigenvalue weighted by Crippen LogP contribution is -2.17. The van der Waals surface area contributed by atoms with Crippen LogP contribution in [-0.4, -0.2) is 16.1 Å². The molecule has 0 saturated heterocycles. The van der Waals surface area contributed by atoms with Crippen molar-refractivity contribution in [1.29, 1.82) is 0 Å². The summed E-state index contributed by atoms with van der Waals surface area (Å²) in [4.78, 5) is 13.5. The first-order chi connectivity index (χ1) is 7.64. The summed E-state index contributed by atoms with van der Waals surface area (Å²) < 4.78 is 62.2. The zero-order chi connectivity index (χ0) is 13.4. The molecule has 1 aromatic heterocycles. The van der Waals surface area contributed by atoms with Crippen molar-refractivity contribution in [2.45, 2.75) is 12.6 Å². The van der Waals surface area contributed by atoms with Crippen LogP contribution in [0.15, 0.2) is 6.07 Å². The number of anilines is 1. The third-order valence-corrected chi connectivity index (χ3v) is 1.80. The Bertz CT molecular complexity index is 458. The summed E-state index contributed by atoms with van der Waals surface area (Å²) in [5, 5.41) is 8.51. The Balaban J connectivity index is 3.64. The Morgan fingerprint density at radius 1 is 1.41 bits per heavy atom. The molecule has 9 heteroatoms. The van der Waals surface area contributed by atoms with Gasteiger partial charge in [0.15, 0.2) is 5.69 Å². The van der Waals surface area contributed by atoms with Crippen LogP contribution in [0.1, 0.15) is 28.0 Å². The molecule has 94 valence electrons. The summed E-state index contributed by atoms with van der Waals surface area (Å²) >= 11 is 0. The van der Waals surface area contributed by atoms with Crippen LogP contribution in [-0.2, 0) is 6.18 Å². The summed E-state index contributed by atoms with van der Waals surface area (Å²) in [5.74, 6) is -2.79. The van der Waals surface area contributed by atoms with E-state index in [1.165, 1.54) is 0 Å². The van der Waals surface area contributed by atoms with Gasteiger partial charge in [0, 0.05) is 0 Å². The standard InChI is InChI=1S/C8H5F5N2O2/c9-6(10)4-2(8(11,12)13)1-3(14)15-5(4)7(16)17/h1,6H,(H2,14,15)(H,16,17). The fourth-order valence-electron chi connectivity index (χ4n) is 1.19. The average Bonchev–Trinajstić information content (AvgIpc) is 2.14. The number of hydrogen-bond donors (Lipinski definition) is 2. The van der Waals surface area contributed by atoms with Gasteiger partial charge in [-0.25, -0.2) is 18.6 Å². The van der Waals surface area contributed by atoms with Gasteiger partial charge in [-0.05, 0) is 6.07 Å². The SMILES string of the molecule is Nc1cc(C(F)(F)F)c(C(F)F)c(C(=O)O)n1. The van der Waals surface area contributed by atoms with Crippen LogP contribution in [0, 0.1) is 0 Å². The van der Waals surface area contributed by atoms with E-state index >= 15 is 0 Å². The molecular weight excluding hydrogens is 251 g/mol. The molecule has 0 aromatic carbocycles. The number of alkyl halides is 5. The number of halogens is 5. The van der Waals surface area contributed by atoms with Gasteiger partial charge >= 0.3 is 12.1 Å². The molecule has 0 radical (unpaired) electrons. The van der Waals surface area contributed by atoms with Crippen LogP contribution in [0.5, 0.6) is 0 Å². The van der Waals surface area contributed by atoms with Crippen molar-refractivity contribution in [3.63, 3.8) is 0 Å². The van der Waals surface area contributed by atoms with Gasteiger partial charge in [0.05, 0.1) is 11.1 Å². The number of nitrogens with zero attached hydrogens (tertiary/aromatic N) is 1. The molecule has 0 aliphatic carbocycles. The maximum atomic E-state index is 12.5. The van der Waals surface area contributed by atoms with Gasteiger partial charge in [0.1, 0.15) is 5.82 Å². The molecular formula is C8H5F5N2O2. The maximum absolute atomic E-state index is 12.5. The Labute approximate surface area is 90.9 Å². The number of carboxylic acids is 1. The number of rotatable bonds is 2. The van der Waals surface area contributed by atoms with Gasteiger partial charge in [-0.15, -0.1) is 0 Å². The van der Waals surface area contributed by atoms with Crippen molar-refractivity contribution in [2.75, 3.05) is 5.73 Å². The van der Waals surface area contributed by atoms with Crippen LogP contribution in [0.3, 0.4) is 0 Å². The predicted molar refractivity (Wildman–Crippen MR) is 45.6 cm³/mol. The monoisotopic (exact) mass is 256 g/mol. The summed E-state index contributed by atoms with van der Waals surface area (Å²) in [6.07, 6.45) is -8.75. The molecule has 0 saturated carbocycles. The molecule has 0 amide bonds. The van der Waals surface area contributed by atoms with Gasteiger partial charge in [-0.3, -0.25) is 0 Å². The van der Waals surface area contributed by atoms with Crippen molar-refractivity contribution < 1.29 is 31.9 Å². The van der Waals surface area contributed by atoms with E-state index in [4.69, 9.17) is 10.8 Å². The molecule has 17 heavy (non-hydrogen) atoms. The minimum absolute atomic E-state index is 0.175. The number of nitrogens with two attached hydrogens (primary N) is 1. The second-order valence-electron chi connectivity index (χ2n) is 2.96. The molecule has 1 aromatic rings. The number of nitrogen functional groups attached to an aromatic ring is 1. The summed E-state index contributed by atoms with van der Waals surface area (Å²) in [6.45, 7) is 0. The molecule has 0 fully saturated rings. The van der Waals surface area contributed by atoms with E-state index in [1.54, 1.807) is 0 Å². The Kier molecular flexibility index (Phi) is 3.21. The molecule has 0 unspecified atom stereocenters. The van der Waals surface area contributed by atoms with Crippen LogP contribution in [0.2, 0.25) is 0 Å². The van der Waals surface area contributed by atoms with E-state index in [0.717, 1.165) is 0 Å². The quantitative estimate of drug-likeness (QED) is 0.796. The third-order valence-electron chi connectivity index (χ3n) is 1.80. The number of aromatic nitrogens is 1. The molecule has 0 atom stereocenters. The van der Waals surface area contributed by atoms with Crippen molar-refractivity contribution in [2.24, 2.45) is 0 Å². The van der Waals surface area contributed by atoms with E-state index < -0.39 is 41.2 Å². The van der Waals surface area contributed by atoms with E-state index in [2.05, 4.69) is 4.98 Å². The molecule has 0 aliphatic rings. The zero-order valence-electron chi connectivity index (χ0n) is 7.92. The molecule has 0 spiro atoms. The number of carboxylic acid groups (broad SMARTS) is 1. The van der Waals surface area contributed by atoms with E-state index in [1.807, 2.05) is 0 Å². The maximum Gasteiger partial charge on any atom is 0.417 e. The van der Waals surface area contributed by atoms with Crippen LogP contribution in [0.25, 0.3) is 0 Å². The Morgan fingerprint density at radius 2 is 1.94 bits per heavy atom. The van der Waals surface area contributed by atoms with Gasteiger partial charge < -0.3 is 10.8 Å². The topological polar surface area (TPSA) is 76.2 Å². The minimum Gasteiger partial charge on any atom is -0.476 e. The summed E-state index contributed by atoms with van der Waals surface area (Å²) in [5.41, 5.74) is 0.0722. The van der Waals surface area contributed by atoms with Gasteiger partial charge in [0.2, 0.25) is 0 Å². The highest BCUT2D eigenvalue weighted by Gasteiger charge is 2.39. The molecule has 1 rings (SSSR count). The smallest absolute Gasteiger partial charge is 0.417 e. The van der Waals surface area contributed by atoms with Gasteiger partial charge in [-0.2, -0.15) is 13.2 Å². The minimum atomic E-state index is -5.13. The molecule has 0 aliphatic heterocycles. The predicted octanol–water partition coefficient (Wildman–Crippen LogP) is 2.32. The van der Waals surface area contributed by atoms with Crippen molar-refractivity contribution in [3.8, 4) is 0 Å². The number of pyridine rings is 1. The highest BCUT2D eigenvalue weighted by Crippen LogP contribution is 2.38. The van der Waals surface area contributed by atoms with E-state index in [0.29, 0.717) is 0 Å². The fraction of sp³-hybridized carbons (Fsp3) is 0.250. The lowest BCUT2D eigenvalue weighted by molar-refractivity contribution is -0.139. The van der Waals surface area contributed by atoms with Crippen LogP contribution in [0.4, 0.5) is 27.8 Å². The Morgan fingerprint density at radius 3 is 2.29 bits per heavy atom. The van der Waals surface area contributed by atoms with Gasteiger partial charge in [0.25, 0.3) is 6.43 Å². The molecule has 3 N–H and O–H groups in total. The second-order valence-corrected chi connectivity index (χ2v) is 2.96. The van der Waals surface area contributed by atoms with Crippen molar-refractivity contribution >= 4 is 11.8 Å². The van der Waals surface area contributed by atoms with Crippen molar-refractivity contribution in [3.05, 3.63) is 22.9 Å². The highest BCUT2D eigenvalue weighted by molar-refractivity contribution is 5.88. The van der Waals surface area contributed by atoms with E-state index in [9.17, 15) is 26.7 Å². The summed E-state index contributed by atoms with van der Waals surface area (Å²) in [6, 6.07) is 0.175. The number of hydrogen-bond acceptors (Lipinski definition) is 3. The summed E-state index contributed by atoms with van der Waals surface area (Å²) in [7, 11) is 0. The first-order valence-electron chi connectivity index (χ1n) is 4.03. The van der Waals surface area contributed by atoms with Crippen LogP contribution < -0.4 is 5.73 Å². The lowest BCUT2D eigenvalue weighted by Gasteiger charge is -2.14. The van der Waals surface area contributed by atoms with Crippen molar-refractivity contribution in [1.82, 2.24) is 4.98 Å². The second kappa shape index (κ2) is 4.15. The number of aromatic carboxylic acids is 1. The van der Waals surface area contributed by atoms with E-state index in [-0.39, 0.29) is 6.07 Å². The number of carbonyl (C=O) groups is 1. The molecule has 1 heterocycles. The Hall–Kier alpha value is -1.93. The van der Waals surface area contributed by atoms with Gasteiger partial charge in [-0.1, -0.05) is 0 Å². The lowest BCUT2D eigenvalue weighted by atomic mass is 10.1. The first-order valence-corrected chi connectivity index (χ1v) is 4.03. The first kappa shape index (κ1) is 13.1. The fourth-order valence-corrected chi connectivity index (χ4v) is 1.19. The molecule has 4 nitrogen and oxygen atoms in total.